The minimum Gasteiger partial charge on any atom is -0.268 e. The monoisotopic (exact) mass is 402 g/mol. The number of amides is 2. The van der Waals surface area contributed by atoms with Gasteiger partial charge < -0.3 is 0 Å². The normalized spacial score (nSPS) is 12.8. The molecule has 1 aromatic heterocycles. The van der Waals surface area contributed by atoms with Crippen molar-refractivity contribution in [2.45, 2.75) is 0 Å². The molecular weight excluding hydrogens is 384 g/mol. The summed E-state index contributed by atoms with van der Waals surface area (Å²) in [6, 6.07) is 29.4. The van der Waals surface area contributed by atoms with E-state index in [0.29, 0.717) is 11.1 Å². The molecule has 1 aliphatic carbocycles. The van der Waals surface area contributed by atoms with Crippen molar-refractivity contribution in [3.05, 3.63) is 132 Å². The molecule has 0 bridgehead atoms. The molecule has 0 unspecified atom stereocenters. The van der Waals surface area contributed by atoms with Crippen LogP contribution >= 0.6 is 0 Å². The van der Waals surface area contributed by atoms with Gasteiger partial charge in [0.15, 0.2) is 0 Å². The van der Waals surface area contributed by atoms with E-state index in [9.17, 15) is 9.59 Å². The Morgan fingerprint density at radius 3 is 1.74 bits per heavy atom. The maximum absolute atomic E-state index is 13.4. The summed E-state index contributed by atoms with van der Waals surface area (Å²) in [5, 5.41) is 0. The third-order valence-corrected chi connectivity index (χ3v) is 5.31. The maximum atomic E-state index is 13.4. The fourth-order valence-electron chi connectivity index (χ4n) is 3.82. The molecule has 31 heavy (non-hydrogen) atoms. The fourth-order valence-corrected chi connectivity index (χ4v) is 3.82. The van der Waals surface area contributed by atoms with Crippen LogP contribution < -0.4 is 0 Å². The molecule has 4 aromatic rings. The van der Waals surface area contributed by atoms with Gasteiger partial charge in [-0.05, 0) is 35.9 Å². The molecule has 0 saturated heterocycles. The van der Waals surface area contributed by atoms with Crippen LogP contribution in [0.5, 0.6) is 0 Å². The molecule has 5 rings (SSSR count). The van der Waals surface area contributed by atoms with E-state index < -0.39 is 0 Å². The lowest BCUT2D eigenvalue weighted by atomic mass is 10.0. The Morgan fingerprint density at radius 2 is 1.13 bits per heavy atom. The quantitative estimate of drug-likeness (QED) is 0.378. The van der Waals surface area contributed by atoms with Gasteiger partial charge in [0, 0.05) is 40.2 Å². The second kappa shape index (κ2) is 7.84. The summed E-state index contributed by atoms with van der Waals surface area (Å²) in [6.45, 7) is 0. The number of hydrogen-bond donors (Lipinski definition) is 0. The lowest BCUT2D eigenvalue weighted by molar-refractivity contribution is 0.0686. The van der Waals surface area contributed by atoms with Gasteiger partial charge in [-0.15, -0.1) is 0 Å². The Kier molecular flexibility index (Phi) is 4.73. The lowest BCUT2D eigenvalue weighted by Gasteiger charge is -2.19. The lowest BCUT2D eigenvalue weighted by Crippen LogP contribution is -2.32. The Labute approximate surface area is 180 Å². The molecule has 0 aliphatic heterocycles. The van der Waals surface area contributed by atoms with Crippen molar-refractivity contribution in [2.24, 2.45) is 0 Å². The first-order valence-corrected chi connectivity index (χ1v) is 9.99. The molecule has 0 spiro atoms. The number of pyridine rings is 1. The van der Waals surface area contributed by atoms with Crippen LogP contribution in [0.2, 0.25) is 0 Å². The predicted molar refractivity (Wildman–Crippen MR) is 120 cm³/mol. The van der Waals surface area contributed by atoms with Gasteiger partial charge in [0.05, 0.1) is 5.69 Å². The highest BCUT2D eigenvalue weighted by Gasteiger charge is 2.28. The highest BCUT2D eigenvalue weighted by molar-refractivity contribution is 6.13. The molecule has 4 nitrogen and oxygen atoms in total. The van der Waals surface area contributed by atoms with E-state index in [0.717, 1.165) is 28.0 Å². The van der Waals surface area contributed by atoms with E-state index in [2.05, 4.69) is 4.98 Å². The molecule has 1 aliphatic rings. The van der Waals surface area contributed by atoms with E-state index in [-0.39, 0.29) is 11.8 Å². The predicted octanol–water partition coefficient (Wildman–Crippen LogP) is 5.43. The van der Waals surface area contributed by atoms with E-state index >= 15 is 0 Å². The standard InChI is InChI=1S/C27H18N2O2/c30-26(19-10-3-1-4-11-19)29(27(31)20-12-5-2-6-13-20)18-24-21-14-7-8-15-22(21)25-23(24)16-9-17-28-25/h1-18H. The highest BCUT2D eigenvalue weighted by atomic mass is 16.2. The topological polar surface area (TPSA) is 50.3 Å². The van der Waals surface area contributed by atoms with E-state index in [1.165, 1.54) is 4.90 Å². The second-order valence-electron chi connectivity index (χ2n) is 7.20. The summed E-state index contributed by atoms with van der Waals surface area (Å²) in [4.78, 5) is 32.6. The summed E-state index contributed by atoms with van der Waals surface area (Å²) in [5.41, 5.74) is 5.38. The molecule has 0 N–H and O–H groups in total. The van der Waals surface area contributed by atoms with Crippen LogP contribution in [0.15, 0.2) is 109 Å². The molecule has 0 saturated carbocycles. The zero-order valence-electron chi connectivity index (χ0n) is 16.6. The van der Waals surface area contributed by atoms with Crippen molar-refractivity contribution in [1.82, 2.24) is 9.88 Å². The number of hydrogen-bond acceptors (Lipinski definition) is 3. The Hall–Kier alpha value is -4.31. The van der Waals surface area contributed by atoms with Crippen LogP contribution in [0.1, 0.15) is 31.8 Å². The first kappa shape index (κ1) is 18.7. The van der Waals surface area contributed by atoms with Crippen LogP contribution in [-0.2, 0) is 0 Å². The zero-order chi connectivity index (χ0) is 21.2. The van der Waals surface area contributed by atoms with Crippen molar-refractivity contribution >= 4 is 17.4 Å². The third-order valence-electron chi connectivity index (χ3n) is 5.31. The van der Waals surface area contributed by atoms with Crippen LogP contribution in [-0.4, -0.2) is 21.7 Å². The summed E-state index contributed by atoms with van der Waals surface area (Å²) in [6.07, 6.45) is 3.40. The third kappa shape index (κ3) is 3.34. The number of benzene rings is 3. The summed E-state index contributed by atoms with van der Waals surface area (Å²) < 4.78 is 0. The SMILES string of the molecule is O=C(c1ccccc1)N(C=C1c2ccccc2-c2ncccc21)C(=O)c1ccccc1. The Balaban J connectivity index is 1.68. The van der Waals surface area contributed by atoms with E-state index in [1.54, 1.807) is 60.9 Å². The second-order valence-corrected chi connectivity index (χ2v) is 7.20. The largest absolute Gasteiger partial charge is 0.268 e. The van der Waals surface area contributed by atoms with Gasteiger partial charge in [0.2, 0.25) is 0 Å². The molecule has 3 aromatic carbocycles. The van der Waals surface area contributed by atoms with Crippen molar-refractivity contribution < 1.29 is 9.59 Å². The summed E-state index contributed by atoms with van der Waals surface area (Å²) in [7, 11) is 0. The molecule has 0 radical (unpaired) electrons. The van der Waals surface area contributed by atoms with Crippen LogP contribution in [0.3, 0.4) is 0 Å². The number of aromatic nitrogens is 1. The maximum Gasteiger partial charge on any atom is 0.264 e. The molecule has 148 valence electrons. The van der Waals surface area contributed by atoms with Crippen molar-refractivity contribution in [1.29, 1.82) is 0 Å². The minimum atomic E-state index is -0.378. The number of fused-ring (bicyclic) bond motifs is 3. The van der Waals surface area contributed by atoms with Gasteiger partial charge in [-0.25, -0.2) is 4.90 Å². The molecule has 2 amide bonds. The Morgan fingerprint density at radius 1 is 0.613 bits per heavy atom. The zero-order valence-corrected chi connectivity index (χ0v) is 16.6. The van der Waals surface area contributed by atoms with E-state index in [4.69, 9.17) is 0 Å². The van der Waals surface area contributed by atoms with Gasteiger partial charge in [0.25, 0.3) is 11.8 Å². The summed E-state index contributed by atoms with van der Waals surface area (Å²) in [5.74, 6) is -0.756. The smallest absolute Gasteiger partial charge is 0.264 e. The van der Waals surface area contributed by atoms with Crippen LogP contribution in [0.25, 0.3) is 16.8 Å². The first-order chi connectivity index (χ1) is 15.2. The molecule has 0 fully saturated rings. The van der Waals surface area contributed by atoms with Crippen LogP contribution in [0.4, 0.5) is 0 Å². The van der Waals surface area contributed by atoms with Gasteiger partial charge >= 0.3 is 0 Å². The summed E-state index contributed by atoms with van der Waals surface area (Å²) >= 11 is 0. The van der Waals surface area contributed by atoms with Crippen molar-refractivity contribution in [2.75, 3.05) is 0 Å². The molecule has 0 atom stereocenters. The van der Waals surface area contributed by atoms with Gasteiger partial charge in [-0.2, -0.15) is 0 Å². The number of imide groups is 1. The van der Waals surface area contributed by atoms with Gasteiger partial charge in [-0.1, -0.05) is 66.7 Å². The van der Waals surface area contributed by atoms with E-state index in [1.807, 2.05) is 48.5 Å². The number of rotatable bonds is 3. The fraction of sp³-hybridized carbons (Fsp3) is 0. The van der Waals surface area contributed by atoms with Crippen LogP contribution in [0, 0.1) is 0 Å². The average molecular weight is 402 g/mol. The molecular formula is C27H18N2O2. The van der Waals surface area contributed by atoms with Gasteiger partial charge in [0.1, 0.15) is 0 Å². The average Bonchev–Trinajstić information content (AvgIpc) is 3.16. The number of nitrogens with zero attached hydrogens (tertiary/aromatic N) is 2. The van der Waals surface area contributed by atoms with Crippen molar-refractivity contribution in [3.63, 3.8) is 0 Å². The molecule has 1 heterocycles. The van der Waals surface area contributed by atoms with Gasteiger partial charge in [-0.3, -0.25) is 14.6 Å². The van der Waals surface area contributed by atoms with Crippen molar-refractivity contribution in [3.8, 4) is 11.3 Å². The minimum absolute atomic E-state index is 0.378. The highest BCUT2D eigenvalue weighted by Crippen LogP contribution is 2.42. The molecule has 4 heteroatoms. The first-order valence-electron chi connectivity index (χ1n) is 9.99. The Bertz CT molecular complexity index is 1210. The number of carbonyl (C=O) groups is 2. The number of carbonyl (C=O) groups excluding carboxylic acids is 2.